The molecule has 0 radical (unpaired) electrons. The van der Waals surface area contributed by atoms with E-state index in [1.165, 1.54) is 29.5 Å². The standard InChI is InChI=1S/C14H22O2.C13H20O2.C10H14O.C8H18O2.2C7H16O2.2C4H10O.2C3H8/c1-3-10-15-11-5-12-16-14-8-6-13(4-2)7-9-14;1-3-9-14-10-11-15-13-7-5-12(4-2)6-8-13;1-3-9-5-7-10(8-6-9)11-4-2;1-3-6-10-8-5-7-9-4-2;2*1-3-5-9-7-6-8-4-2;2*1-3-5-4-2;2*1-3-2/h6-9H,3-5,10-12H2,1-2H3;5-8H,3-4,9-11H2,1-2H3;5-8H,3-4H2,1-2H3;3-8H2,1-2H3;2*3-7H2,1-2H3;2*3-4H2,1-2H3;2*3H2,1-2H3. The molecule has 0 N–H and O–H groups in total. The van der Waals surface area contributed by atoms with E-state index in [1.807, 2.05) is 91.8 Å². The second-order valence-corrected chi connectivity index (χ2v) is 18.5. The fourth-order valence-electron chi connectivity index (χ4n) is 5.77. The highest BCUT2D eigenvalue weighted by atomic mass is 16.5. The number of benzene rings is 3. The van der Waals surface area contributed by atoms with Crippen molar-refractivity contribution in [1.29, 1.82) is 0 Å². The van der Waals surface area contributed by atoms with Gasteiger partial charge in [-0.3, -0.25) is 0 Å². The van der Waals surface area contributed by atoms with Gasteiger partial charge >= 0.3 is 0 Å². The summed E-state index contributed by atoms with van der Waals surface area (Å²) in [5.41, 5.74) is 4.04. The van der Waals surface area contributed by atoms with Crippen molar-refractivity contribution in [2.24, 2.45) is 0 Å². The van der Waals surface area contributed by atoms with E-state index in [1.54, 1.807) is 0 Å². The van der Waals surface area contributed by atoms with Crippen molar-refractivity contribution >= 4 is 0 Å². The lowest BCUT2D eigenvalue weighted by molar-refractivity contribution is 0.0531. The number of rotatable bonds is 41. The van der Waals surface area contributed by atoms with Crippen molar-refractivity contribution in [3.8, 4) is 17.2 Å². The molecule has 0 aliphatic rings. The fraction of sp³-hybridized carbons (Fsp3) is 0.753. The molecule has 0 aromatic heterocycles. The smallest absolute Gasteiger partial charge is 0.119 e. The molecule has 13 heteroatoms. The quantitative estimate of drug-likeness (QED) is 0.0502. The molecule has 0 spiro atoms. The highest BCUT2D eigenvalue weighted by Crippen LogP contribution is 2.14. The van der Waals surface area contributed by atoms with Crippen LogP contribution in [0, 0.1) is 0 Å². The molecule has 13 nitrogen and oxygen atoms in total. The van der Waals surface area contributed by atoms with Gasteiger partial charge in [-0.05, 0) is 166 Å². The first kappa shape index (κ1) is 96.3. The van der Waals surface area contributed by atoms with E-state index in [2.05, 4.69) is 119 Å². The Balaban J connectivity index is -0.000000167. The zero-order valence-corrected chi connectivity index (χ0v) is 60.0. The topological polar surface area (TPSA) is 120 Å². The van der Waals surface area contributed by atoms with E-state index >= 15 is 0 Å². The van der Waals surface area contributed by atoms with Gasteiger partial charge in [0.1, 0.15) is 23.9 Å². The second-order valence-electron chi connectivity index (χ2n) is 18.5. The monoisotopic (exact) mass is 1230 g/mol. The van der Waals surface area contributed by atoms with Gasteiger partial charge in [-0.2, -0.15) is 0 Å². The molecule has 0 amide bonds. The van der Waals surface area contributed by atoms with Crippen LogP contribution in [-0.2, 0) is 66.6 Å². The summed E-state index contributed by atoms with van der Waals surface area (Å²) in [6, 6.07) is 24.8. The average Bonchev–Trinajstić information content (AvgIpc) is 3.73. The van der Waals surface area contributed by atoms with E-state index in [9.17, 15) is 0 Å². The molecule has 0 unspecified atom stereocenters. The predicted molar refractivity (Wildman–Crippen MR) is 370 cm³/mol. The predicted octanol–water partition coefficient (Wildman–Crippen LogP) is 18.8. The van der Waals surface area contributed by atoms with Gasteiger partial charge in [-0.1, -0.05) is 132 Å². The summed E-state index contributed by atoms with van der Waals surface area (Å²) in [5, 5.41) is 0. The summed E-state index contributed by atoms with van der Waals surface area (Å²) in [4.78, 5) is 0. The first-order chi connectivity index (χ1) is 42.0. The Morgan fingerprint density at radius 2 is 0.419 bits per heavy atom. The van der Waals surface area contributed by atoms with Gasteiger partial charge in [0.25, 0.3) is 0 Å². The van der Waals surface area contributed by atoms with Gasteiger partial charge in [-0.15, -0.1) is 0 Å². The number of hydrogen-bond acceptors (Lipinski definition) is 13. The van der Waals surface area contributed by atoms with E-state index in [4.69, 9.17) is 61.6 Å². The summed E-state index contributed by atoms with van der Waals surface area (Å²) >= 11 is 0. The van der Waals surface area contributed by atoms with Crippen LogP contribution in [0.5, 0.6) is 17.2 Å². The van der Waals surface area contributed by atoms with Crippen molar-refractivity contribution in [2.45, 2.75) is 216 Å². The van der Waals surface area contributed by atoms with Crippen molar-refractivity contribution < 1.29 is 61.6 Å². The lowest BCUT2D eigenvalue weighted by atomic mass is 10.2. The summed E-state index contributed by atoms with van der Waals surface area (Å²) in [5.74, 6) is 2.84. The van der Waals surface area contributed by atoms with E-state index < -0.39 is 0 Å². The molecule has 0 fully saturated rings. The van der Waals surface area contributed by atoms with Crippen LogP contribution in [0.1, 0.15) is 213 Å². The maximum Gasteiger partial charge on any atom is 0.119 e. The molecule has 0 bridgehead atoms. The molecule has 86 heavy (non-hydrogen) atoms. The Morgan fingerprint density at radius 1 is 0.198 bits per heavy atom. The van der Waals surface area contributed by atoms with E-state index in [0.717, 1.165) is 220 Å². The normalized spacial score (nSPS) is 9.63. The summed E-state index contributed by atoms with van der Waals surface area (Å²) in [6.07, 6.45) is 13.1. The molecule has 0 saturated carbocycles. The number of aryl methyl sites for hydroxylation is 3. The molecule has 0 heterocycles. The minimum absolute atomic E-state index is 0.630. The van der Waals surface area contributed by atoms with Crippen LogP contribution in [0.4, 0.5) is 0 Å². The Labute approximate surface area is 533 Å². The Morgan fingerprint density at radius 3 is 0.674 bits per heavy atom. The van der Waals surface area contributed by atoms with Crippen LogP contribution in [0.3, 0.4) is 0 Å². The highest BCUT2D eigenvalue weighted by molar-refractivity contribution is 5.28. The Kier molecular flexibility index (Phi) is 107. The SMILES string of the molecule is CCC.CCC.CCCOCCCOCC.CCCOCCCOc1ccc(CC)cc1.CCCOCCOCC.CCCOCCOCC.CCCOCCOc1ccc(CC)cc1.CCOCC.CCOCC.CCOc1ccc(CC)cc1. The largest absolute Gasteiger partial charge is 0.494 e. The van der Waals surface area contributed by atoms with Crippen molar-refractivity contribution in [3.63, 3.8) is 0 Å². The minimum atomic E-state index is 0.630. The summed E-state index contributed by atoms with van der Waals surface area (Å²) in [6.45, 7) is 59.6. The van der Waals surface area contributed by atoms with Crippen molar-refractivity contribution in [1.82, 2.24) is 0 Å². The minimum Gasteiger partial charge on any atom is -0.494 e. The van der Waals surface area contributed by atoms with Crippen molar-refractivity contribution in [3.05, 3.63) is 89.5 Å². The third-order valence-electron chi connectivity index (χ3n) is 10.00. The van der Waals surface area contributed by atoms with Gasteiger partial charge < -0.3 is 61.6 Å². The molecule has 0 aliphatic heterocycles. The fourth-order valence-corrected chi connectivity index (χ4v) is 5.77. The van der Waals surface area contributed by atoms with Crippen LogP contribution < -0.4 is 14.2 Å². The maximum absolute atomic E-state index is 5.61. The van der Waals surface area contributed by atoms with Gasteiger partial charge in [0.05, 0.1) is 46.2 Å². The first-order valence-corrected chi connectivity index (χ1v) is 33.9. The summed E-state index contributed by atoms with van der Waals surface area (Å²) < 4.78 is 67.6. The van der Waals surface area contributed by atoms with Crippen LogP contribution >= 0.6 is 0 Å². The molecule has 0 saturated heterocycles. The van der Waals surface area contributed by atoms with Gasteiger partial charge in [0.15, 0.2) is 0 Å². The first-order valence-electron chi connectivity index (χ1n) is 33.9. The molecule has 512 valence electrons. The third-order valence-corrected chi connectivity index (χ3v) is 10.00. The lowest BCUT2D eigenvalue weighted by Gasteiger charge is -2.07. The molecular weight excluding hydrogens is 1080 g/mol. The highest BCUT2D eigenvalue weighted by Gasteiger charge is 1.97. The van der Waals surface area contributed by atoms with E-state index in [-0.39, 0.29) is 0 Å². The average molecular weight is 1230 g/mol. The summed E-state index contributed by atoms with van der Waals surface area (Å²) in [7, 11) is 0. The van der Waals surface area contributed by atoms with Gasteiger partial charge in [-0.25, -0.2) is 0 Å². The third kappa shape index (κ3) is 94.3. The van der Waals surface area contributed by atoms with Crippen LogP contribution in [-0.4, -0.2) is 152 Å². The van der Waals surface area contributed by atoms with Crippen LogP contribution in [0.25, 0.3) is 0 Å². The molecule has 3 aromatic carbocycles. The van der Waals surface area contributed by atoms with Gasteiger partial charge in [0.2, 0.25) is 0 Å². The zero-order valence-electron chi connectivity index (χ0n) is 60.0. The lowest BCUT2D eigenvalue weighted by Crippen LogP contribution is -2.06. The van der Waals surface area contributed by atoms with E-state index in [0.29, 0.717) is 13.2 Å². The number of ether oxygens (including phenoxy) is 13. The maximum atomic E-state index is 5.61. The van der Waals surface area contributed by atoms with Crippen LogP contribution in [0.15, 0.2) is 72.8 Å². The van der Waals surface area contributed by atoms with Gasteiger partial charge in [0, 0.05) is 106 Å². The number of hydrogen-bond donors (Lipinski definition) is 0. The molecule has 3 rings (SSSR count). The molecular formula is C73H142O13. The second kappa shape index (κ2) is 95.3. The van der Waals surface area contributed by atoms with Crippen molar-refractivity contribution in [2.75, 3.05) is 152 Å². The molecule has 0 aliphatic carbocycles. The molecule has 0 atom stereocenters. The molecule has 3 aromatic rings. The Bertz CT molecular complexity index is 1450. The Hall–Kier alpha value is -3.34. The van der Waals surface area contributed by atoms with Crippen LogP contribution in [0.2, 0.25) is 0 Å². The zero-order chi connectivity index (χ0) is 65.9.